The molecule has 0 saturated carbocycles. The van der Waals surface area contributed by atoms with Crippen molar-refractivity contribution in [2.24, 2.45) is 0 Å². The van der Waals surface area contributed by atoms with Crippen LogP contribution in [0.2, 0.25) is 0 Å². The summed E-state index contributed by atoms with van der Waals surface area (Å²) in [7, 11) is -3.24. The number of rotatable bonds is 7. The zero-order valence-electron chi connectivity index (χ0n) is 14.4. The average molecular weight is 402 g/mol. The summed E-state index contributed by atoms with van der Waals surface area (Å²) in [6.07, 6.45) is -5.73. The van der Waals surface area contributed by atoms with E-state index >= 15 is 0 Å². The van der Waals surface area contributed by atoms with Crippen LogP contribution in [0.3, 0.4) is 0 Å². The van der Waals surface area contributed by atoms with E-state index in [1.165, 1.54) is 55.6 Å². The fourth-order valence-corrected chi connectivity index (χ4v) is 3.11. The number of hydrogen-bond acceptors (Lipinski definition) is 5. The van der Waals surface area contributed by atoms with E-state index < -0.39 is 34.2 Å². The molecule has 0 aliphatic heterocycles. The number of alkyl halides is 2. The maximum atomic E-state index is 13.9. The van der Waals surface area contributed by atoms with E-state index in [4.69, 9.17) is 4.74 Å². The van der Waals surface area contributed by atoms with Crippen LogP contribution in [-0.2, 0) is 14.3 Å². The van der Waals surface area contributed by atoms with E-state index in [2.05, 4.69) is 4.18 Å². The van der Waals surface area contributed by atoms with Crippen LogP contribution < -0.4 is 4.74 Å². The molecule has 0 aliphatic carbocycles. The van der Waals surface area contributed by atoms with Crippen LogP contribution in [0.4, 0.5) is 13.2 Å². The minimum atomic E-state index is -4.64. The molecular weight excluding hydrogens is 385 g/mol. The predicted octanol–water partition coefficient (Wildman–Crippen LogP) is 3.89. The largest absolute Gasteiger partial charge is 0.497 e. The molecule has 0 amide bonds. The Kier molecular flexibility index (Phi) is 6.50. The monoisotopic (exact) mass is 402 g/mol. The third-order valence-corrected chi connectivity index (χ3v) is 4.86. The van der Waals surface area contributed by atoms with Crippen molar-refractivity contribution in [1.82, 2.24) is 0 Å². The molecule has 0 radical (unpaired) electrons. The van der Waals surface area contributed by atoms with Gasteiger partial charge in [-0.1, -0.05) is 29.8 Å². The smallest absolute Gasteiger partial charge is 0.339 e. The van der Waals surface area contributed by atoms with Crippen LogP contribution in [0.5, 0.6) is 5.75 Å². The summed E-state index contributed by atoms with van der Waals surface area (Å²) in [6.45, 7) is 1.71. The molecular formula is C18H17F3O5S. The lowest BCUT2D eigenvalue weighted by atomic mass is 10.1. The van der Waals surface area contributed by atoms with Crippen molar-refractivity contribution < 1.29 is 35.6 Å². The number of aliphatic hydroxyl groups excluding tert-OH is 1. The first-order valence-corrected chi connectivity index (χ1v) is 9.07. The van der Waals surface area contributed by atoms with Crippen molar-refractivity contribution in [2.45, 2.75) is 24.3 Å². The number of halogens is 3. The molecule has 2 aromatic rings. The average Bonchev–Trinajstić information content (AvgIpc) is 2.65. The Hall–Kier alpha value is -2.52. The second-order valence-corrected chi connectivity index (χ2v) is 7.09. The van der Waals surface area contributed by atoms with E-state index in [0.717, 1.165) is 5.56 Å². The van der Waals surface area contributed by atoms with Gasteiger partial charge in [-0.15, -0.1) is 0 Å². The van der Waals surface area contributed by atoms with Crippen molar-refractivity contribution in [2.75, 3.05) is 7.11 Å². The molecule has 0 fully saturated rings. The molecule has 0 aliphatic rings. The lowest BCUT2D eigenvalue weighted by Gasteiger charge is -2.18. The van der Waals surface area contributed by atoms with Crippen LogP contribution in [0, 0.1) is 6.92 Å². The van der Waals surface area contributed by atoms with Crippen LogP contribution in [0.1, 0.15) is 17.2 Å². The third-order valence-electron chi connectivity index (χ3n) is 3.62. The highest BCUT2D eigenvalue weighted by molar-refractivity contribution is 7.86. The summed E-state index contributed by atoms with van der Waals surface area (Å²) in [6, 6.07) is 10.6. The number of benzene rings is 2. The molecule has 27 heavy (non-hydrogen) atoms. The fourth-order valence-electron chi connectivity index (χ4n) is 2.13. The van der Waals surface area contributed by atoms with Gasteiger partial charge in [-0.05, 0) is 36.8 Å². The number of allylic oxidation sites excluding steroid dienone is 1. The molecule has 146 valence electrons. The van der Waals surface area contributed by atoms with Crippen LogP contribution in [0.15, 0.2) is 65.0 Å². The van der Waals surface area contributed by atoms with Gasteiger partial charge in [0, 0.05) is 0 Å². The minimum Gasteiger partial charge on any atom is -0.497 e. The first kappa shape index (κ1) is 20.8. The van der Waals surface area contributed by atoms with E-state index in [0.29, 0.717) is 5.75 Å². The van der Waals surface area contributed by atoms with Gasteiger partial charge in [0.1, 0.15) is 16.7 Å². The molecule has 0 saturated heterocycles. The number of aryl methyl sites for hydroxylation is 1. The number of ether oxygens (including phenoxy) is 1. The predicted molar refractivity (Wildman–Crippen MR) is 91.5 cm³/mol. The first-order valence-electron chi connectivity index (χ1n) is 7.66. The van der Waals surface area contributed by atoms with Crippen molar-refractivity contribution >= 4 is 10.1 Å². The summed E-state index contributed by atoms with van der Waals surface area (Å²) in [5, 5.41) is 10.3. The third kappa shape index (κ3) is 5.01. The van der Waals surface area contributed by atoms with Crippen LogP contribution in [-0.4, -0.2) is 27.1 Å². The maximum Gasteiger partial charge on any atom is 0.339 e. The van der Waals surface area contributed by atoms with E-state index in [1.807, 2.05) is 0 Å². The molecule has 0 spiro atoms. The highest BCUT2D eigenvalue weighted by Gasteiger charge is 2.31. The lowest BCUT2D eigenvalue weighted by molar-refractivity contribution is 0.118. The Morgan fingerprint density at radius 1 is 1.04 bits per heavy atom. The molecule has 2 aromatic carbocycles. The molecule has 5 nitrogen and oxygen atoms in total. The van der Waals surface area contributed by atoms with Gasteiger partial charge in [0.15, 0.2) is 5.76 Å². The second kappa shape index (κ2) is 8.45. The second-order valence-electron chi connectivity index (χ2n) is 5.54. The molecule has 0 aromatic heterocycles. The standard InChI is InChI=1S/C18H17F3O5S/c1-11-3-9-14(10-4-11)27(23,24)26-17(15(19)18(20)21)16(22)12-5-7-13(25-2)8-6-12/h3-10,16,18,22H,1-2H3/b17-15-. The van der Waals surface area contributed by atoms with Gasteiger partial charge in [-0.25, -0.2) is 13.2 Å². The Labute approximate surface area is 154 Å². The van der Waals surface area contributed by atoms with Gasteiger partial charge in [-0.3, -0.25) is 0 Å². The molecule has 2 rings (SSSR count). The Morgan fingerprint density at radius 2 is 1.59 bits per heavy atom. The van der Waals surface area contributed by atoms with Crippen molar-refractivity contribution in [3.8, 4) is 5.75 Å². The Morgan fingerprint density at radius 3 is 2.07 bits per heavy atom. The lowest BCUT2D eigenvalue weighted by Crippen LogP contribution is -2.15. The van der Waals surface area contributed by atoms with Crippen molar-refractivity contribution in [3.05, 3.63) is 71.2 Å². The normalized spacial score (nSPS) is 13.9. The van der Waals surface area contributed by atoms with E-state index in [9.17, 15) is 26.7 Å². The van der Waals surface area contributed by atoms with E-state index in [1.54, 1.807) is 6.92 Å². The van der Waals surface area contributed by atoms with Crippen LogP contribution in [0.25, 0.3) is 0 Å². The summed E-state index contributed by atoms with van der Waals surface area (Å²) in [5.41, 5.74) is 0.697. The SMILES string of the molecule is COc1ccc(C(O)/C(OS(=O)(=O)c2ccc(C)cc2)=C(/F)C(F)F)cc1. The molecule has 9 heteroatoms. The van der Waals surface area contributed by atoms with Crippen molar-refractivity contribution in [1.29, 1.82) is 0 Å². The van der Waals surface area contributed by atoms with Gasteiger partial charge in [-0.2, -0.15) is 8.42 Å². The molecule has 1 atom stereocenters. The minimum absolute atomic E-state index is 0.0549. The molecule has 0 heterocycles. The molecule has 1 unspecified atom stereocenters. The topological polar surface area (TPSA) is 72.8 Å². The molecule has 1 N–H and O–H groups in total. The first-order chi connectivity index (χ1) is 12.7. The number of methoxy groups -OCH3 is 1. The van der Waals surface area contributed by atoms with Crippen molar-refractivity contribution in [3.63, 3.8) is 0 Å². The highest BCUT2D eigenvalue weighted by Crippen LogP contribution is 2.32. The molecule has 0 bridgehead atoms. The van der Waals surface area contributed by atoms with Gasteiger partial charge >= 0.3 is 10.1 Å². The Bertz CT molecular complexity index is 907. The summed E-state index contributed by atoms with van der Waals surface area (Å²) >= 11 is 0. The zero-order chi connectivity index (χ0) is 20.2. The van der Waals surface area contributed by atoms with Crippen LogP contribution >= 0.6 is 0 Å². The quantitative estimate of drug-likeness (QED) is 0.562. The number of hydrogen-bond donors (Lipinski definition) is 1. The Balaban J connectivity index is 2.43. The number of aliphatic hydroxyl groups is 1. The fraction of sp³-hybridized carbons (Fsp3) is 0.222. The van der Waals surface area contributed by atoms with Gasteiger partial charge < -0.3 is 14.0 Å². The highest BCUT2D eigenvalue weighted by atomic mass is 32.2. The zero-order valence-corrected chi connectivity index (χ0v) is 15.2. The van der Waals surface area contributed by atoms with Gasteiger partial charge in [0.2, 0.25) is 5.83 Å². The van der Waals surface area contributed by atoms with Gasteiger partial charge in [0.05, 0.1) is 7.11 Å². The van der Waals surface area contributed by atoms with Gasteiger partial charge in [0.25, 0.3) is 6.43 Å². The van der Waals surface area contributed by atoms with E-state index in [-0.39, 0.29) is 10.5 Å². The summed E-state index contributed by atoms with van der Waals surface area (Å²) < 4.78 is 73.8. The maximum absolute atomic E-state index is 13.9. The summed E-state index contributed by atoms with van der Waals surface area (Å²) in [5.74, 6) is -3.16. The summed E-state index contributed by atoms with van der Waals surface area (Å²) in [4.78, 5) is -0.366.